The highest BCUT2D eigenvalue weighted by Crippen LogP contribution is 2.24. The quantitative estimate of drug-likeness (QED) is 0.335. The van der Waals surface area contributed by atoms with Crippen LogP contribution in [0.5, 0.6) is 0 Å². The molecule has 88 valence electrons. The van der Waals surface area contributed by atoms with Gasteiger partial charge in [0.2, 0.25) is 17.1 Å². The molecule has 2 rings (SSSR count). The fraction of sp³-hybridized carbons (Fsp3) is 0. The number of aldehydes is 1. The van der Waals surface area contributed by atoms with Crippen LogP contribution >= 0.6 is 0 Å². The monoisotopic (exact) mass is 246 g/mol. The van der Waals surface area contributed by atoms with Crippen molar-refractivity contribution < 1.29 is 26.8 Å². The summed E-state index contributed by atoms with van der Waals surface area (Å²) in [5, 5.41) is -1.13. The molecule has 0 aliphatic carbocycles. The number of carbonyl (C=O) groups is 1. The summed E-state index contributed by atoms with van der Waals surface area (Å²) in [7, 11) is 0. The Morgan fingerprint density at radius 3 is 2.18 bits per heavy atom. The van der Waals surface area contributed by atoms with Crippen molar-refractivity contribution >= 4 is 17.3 Å². The van der Waals surface area contributed by atoms with Gasteiger partial charge in [0.25, 0.3) is 0 Å². The van der Waals surface area contributed by atoms with Gasteiger partial charge in [-0.3, -0.25) is 9.59 Å². The molecule has 0 spiro atoms. The minimum absolute atomic E-state index is 0.0316. The predicted molar refractivity (Wildman–Crippen MR) is 47.7 cm³/mol. The van der Waals surface area contributed by atoms with Gasteiger partial charge in [-0.05, 0) is 0 Å². The molecule has 0 bridgehead atoms. The molecular weight excluding hydrogens is 244 g/mol. The van der Waals surface area contributed by atoms with Crippen LogP contribution in [0.25, 0.3) is 11.0 Å². The molecule has 7 heteroatoms. The van der Waals surface area contributed by atoms with Gasteiger partial charge in [0.05, 0.1) is 5.56 Å². The Hall–Kier alpha value is -2.18. The lowest BCUT2D eigenvalue weighted by atomic mass is 10.1. The topological polar surface area (TPSA) is 47.3 Å². The van der Waals surface area contributed by atoms with Gasteiger partial charge in [-0.2, -0.15) is 4.39 Å². The van der Waals surface area contributed by atoms with Gasteiger partial charge in [-0.25, -0.2) is 13.2 Å². The summed E-state index contributed by atoms with van der Waals surface area (Å²) in [6, 6.07) is 0. The third kappa shape index (κ3) is 1.42. The largest absolute Gasteiger partial charge is 0.460 e. The summed E-state index contributed by atoms with van der Waals surface area (Å²) in [4.78, 5) is 21.8. The zero-order chi connectivity index (χ0) is 12.7. The highest BCUT2D eigenvalue weighted by atomic mass is 19.2. The molecule has 0 aliphatic rings. The molecule has 1 heterocycles. The van der Waals surface area contributed by atoms with Crippen molar-refractivity contribution in [3.8, 4) is 0 Å². The van der Waals surface area contributed by atoms with Crippen LogP contribution < -0.4 is 5.43 Å². The average molecular weight is 246 g/mol. The Labute approximate surface area is 90.3 Å². The molecule has 1 aromatic heterocycles. The number of hydrogen-bond acceptors (Lipinski definition) is 3. The first-order chi connectivity index (χ1) is 7.99. The molecule has 0 aliphatic heterocycles. The summed E-state index contributed by atoms with van der Waals surface area (Å²) < 4.78 is 56.5. The molecule has 2 aromatic rings. The number of halogens is 4. The van der Waals surface area contributed by atoms with E-state index in [1.165, 1.54) is 0 Å². The van der Waals surface area contributed by atoms with Crippen molar-refractivity contribution in [2.75, 3.05) is 0 Å². The van der Waals surface area contributed by atoms with Crippen LogP contribution in [0.3, 0.4) is 0 Å². The lowest BCUT2D eigenvalue weighted by Crippen LogP contribution is -2.12. The number of rotatable bonds is 1. The summed E-state index contributed by atoms with van der Waals surface area (Å²) in [6.07, 6.45) is 0.571. The smallest absolute Gasteiger partial charge is 0.206 e. The van der Waals surface area contributed by atoms with Crippen LogP contribution in [0.15, 0.2) is 15.5 Å². The number of hydrogen-bond donors (Lipinski definition) is 0. The highest BCUT2D eigenvalue weighted by molar-refractivity contribution is 5.84. The van der Waals surface area contributed by atoms with E-state index in [-0.39, 0.29) is 6.29 Å². The number of benzene rings is 1. The van der Waals surface area contributed by atoms with Crippen molar-refractivity contribution in [2.45, 2.75) is 0 Å². The van der Waals surface area contributed by atoms with E-state index in [4.69, 9.17) is 0 Å². The summed E-state index contributed by atoms with van der Waals surface area (Å²) in [5.41, 5.74) is -2.96. The molecule has 0 N–H and O–H groups in total. The fourth-order valence-corrected chi connectivity index (χ4v) is 1.33. The standard InChI is InChI=1S/C10H2F4O3/c11-5-4-9(16)3(1-15)2-17-10(4)8(14)7(13)6(5)12/h1-2H. The van der Waals surface area contributed by atoms with E-state index in [0.717, 1.165) is 0 Å². The van der Waals surface area contributed by atoms with E-state index >= 15 is 0 Å². The van der Waals surface area contributed by atoms with Crippen molar-refractivity contribution in [1.82, 2.24) is 0 Å². The summed E-state index contributed by atoms with van der Waals surface area (Å²) >= 11 is 0. The third-order valence-corrected chi connectivity index (χ3v) is 2.14. The molecular formula is C10H2F4O3. The fourth-order valence-electron chi connectivity index (χ4n) is 1.33. The first-order valence-corrected chi connectivity index (χ1v) is 4.21. The lowest BCUT2D eigenvalue weighted by Gasteiger charge is -2.03. The van der Waals surface area contributed by atoms with Gasteiger partial charge < -0.3 is 4.42 Å². The predicted octanol–water partition coefficient (Wildman–Crippen LogP) is 2.16. The van der Waals surface area contributed by atoms with Crippen LogP contribution in [-0.2, 0) is 0 Å². The zero-order valence-electron chi connectivity index (χ0n) is 7.89. The van der Waals surface area contributed by atoms with E-state index in [1.807, 2.05) is 0 Å². The van der Waals surface area contributed by atoms with Crippen molar-refractivity contribution in [3.63, 3.8) is 0 Å². The second-order valence-electron chi connectivity index (χ2n) is 3.10. The third-order valence-electron chi connectivity index (χ3n) is 2.14. The molecule has 17 heavy (non-hydrogen) atoms. The van der Waals surface area contributed by atoms with E-state index in [1.54, 1.807) is 0 Å². The molecule has 3 nitrogen and oxygen atoms in total. The van der Waals surface area contributed by atoms with Crippen LogP contribution in [0.1, 0.15) is 10.4 Å². The van der Waals surface area contributed by atoms with Crippen molar-refractivity contribution in [1.29, 1.82) is 0 Å². The first kappa shape index (κ1) is 11.3. The number of fused-ring (bicyclic) bond motifs is 1. The molecule has 0 unspecified atom stereocenters. The maximum atomic E-state index is 13.3. The van der Waals surface area contributed by atoms with E-state index < -0.39 is 45.2 Å². The SMILES string of the molecule is O=Cc1coc2c(F)c(F)c(F)c(F)c2c1=O. The Bertz CT molecular complexity index is 690. The Morgan fingerprint density at radius 1 is 1.00 bits per heavy atom. The summed E-state index contributed by atoms with van der Waals surface area (Å²) in [5.74, 6) is -7.94. The van der Waals surface area contributed by atoms with Gasteiger partial charge in [-0.1, -0.05) is 0 Å². The summed E-state index contributed by atoms with van der Waals surface area (Å²) in [6.45, 7) is 0. The van der Waals surface area contributed by atoms with E-state index in [0.29, 0.717) is 6.26 Å². The molecule has 0 radical (unpaired) electrons. The van der Waals surface area contributed by atoms with Crippen molar-refractivity contribution in [3.05, 3.63) is 45.3 Å². The molecule has 0 amide bonds. The van der Waals surface area contributed by atoms with Crippen LogP contribution in [-0.4, -0.2) is 6.29 Å². The van der Waals surface area contributed by atoms with Gasteiger partial charge >= 0.3 is 0 Å². The Balaban J connectivity index is 3.12. The first-order valence-electron chi connectivity index (χ1n) is 4.21. The van der Waals surface area contributed by atoms with Gasteiger partial charge in [-0.15, -0.1) is 0 Å². The molecule has 0 fully saturated rings. The average Bonchev–Trinajstić information content (AvgIpc) is 2.33. The second kappa shape index (κ2) is 3.69. The van der Waals surface area contributed by atoms with Crippen LogP contribution in [0, 0.1) is 23.3 Å². The zero-order valence-corrected chi connectivity index (χ0v) is 7.89. The molecule has 0 atom stereocenters. The van der Waals surface area contributed by atoms with Gasteiger partial charge in [0, 0.05) is 0 Å². The lowest BCUT2D eigenvalue weighted by molar-refractivity contribution is 0.112. The maximum absolute atomic E-state index is 13.3. The minimum atomic E-state index is -2.13. The normalized spacial score (nSPS) is 10.8. The van der Waals surface area contributed by atoms with Gasteiger partial charge in [0.15, 0.2) is 23.5 Å². The number of carbonyl (C=O) groups excluding carboxylic acids is 1. The van der Waals surface area contributed by atoms with Crippen molar-refractivity contribution in [2.24, 2.45) is 0 Å². The Kier molecular flexibility index (Phi) is 2.45. The molecule has 0 saturated carbocycles. The minimum Gasteiger partial charge on any atom is -0.460 e. The van der Waals surface area contributed by atoms with Crippen LogP contribution in [0.2, 0.25) is 0 Å². The molecule has 0 saturated heterocycles. The molecule has 1 aromatic carbocycles. The maximum Gasteiger partial charge on any atom is 0.206 e. The van der Waals surface area contributed by atoms with Crippen LogP contribution in [0.4, 0.5) is 17.6 Å². The Morgan fingerprint density at radius 2 is 1.59 bits per heavy atom. The van der Waals surface area contributed by atoms with Gasteiger partial charge in [0.1, 0.15) is 11.6 Å². The second-order valence-corrected chi connectivity index (χ2v) is 3.10. The highest BCUT2D eigenvalue weighted by Gasteiger charge is 2.24. The van der Waals surface area contributed by atoms with E-state index in [9.17, 15) is 27.2 Å². The van der Waals surface area contributed by atoms with E-state index in [2.05, 4.69) is 4.42 Å².